The molecule has 0 unspecified atom stereocenters. The summed E-state index contributed by atoms with van der Waals surface area (Å²) >= 11 is 0. The van der Waals surface area contributed by atoms with Crippen molar-refractivity contribution in [3.05, 3.63) is 218 Å². The second kappa shape index (κ2) is 13.8. The van der Waals surface area contributed by atoms with Gasteiger partial charge in [-0.3, -0.25) is 0 Å². The standard InChI is InChI=1S/C50H36N2/c1-3-15-45(16-4-1)51(49-33-27-37-11-7-9-13-43(37)35-49)47-29-23-41(24-30-47)39-19-21-40(22-20-39)42-25-31-48(32-26-42)52(46-17-5-2-6-18-46)50-34-28-38-12-8-10-14-44(38)36-50/h1-36H/i23D,24D,29D,30D. The van der Waals surface area contributed by atoms with Crippen molar-refractivity contribution in [2.24, 2.45) is 0 Å². The van der Waals surface area contributed by atoms with Crippen molar-refractivity contribution in [1.29, 1.82) is 0 Å². The van der Waals surface area contributed by atoms with Crippen LogP contribution in [-0.2, 0) is 0 Å². The molecule has 0 atom stereocenters. The lowest BCUT2D eigenvalue weighted by Crippen LogP contribution is -2.09. The van der Waals surface area contributed by atoms with Gasteiger partial charge in [0.25, 0.3) is 0 Å². The van der Waals surface area contributed by atoms with Crippen molar-refractivity contribution in [2.75, 3.05) is 9.80 Å². The quantitative estimate of drug-likeness (QED) is 0.159. The van der Waals surface area contributed by atoms with Crippen LogP contribution in [0.4, 0.5) is 34.1 Å². The molecule has 0 bridgehead atoms. The monoisotopic (exact) mass is 668 g/mol. The molecule has 0 saturated carbocycles. The first-order chi connectivity index (χ1) is 27.4. The topological polar surface area (TPSA) is 6.48 Å². The van der Waals surface area contributed by atoms with Crippen LogP contribution in [0.5, 0.6) is 0 Å². The first kappa shape index (κ1) is 26.9. The Morgan fingerprint density at radius 1 is 0.250 bits per heavy atom. The van der Waals surface area contributed by atoms with E-state index in [-0.39, 0.29) is 35.4 Å². The molecule has 246 valence electrons. The molecule has 0 heterocycles. The zero-order chi connectivity index (χ0) is 38.2. The third-order valence-corrected chi connectivity index (χ3v) is 9.48. The molecule has 0 aliphatic heterocycles. The molecule has 0 spiro atoms. The minimum atomic E-state index is -0.105. The first-order valence-corrected chi connectivity index (χ1v) is 17.4. The van der Waals surface area contributed by atoms with Crippen LogP contribution in [0.1, 0.15) is 5.48 Å². The SMILES string of the molecule is [2H]c1c([2H])c(N(c2ccccc2)c2ccc3ccccc3c2)c([2H])c([2H])c1-c1ccc(-c2ccc(N(c3ccccc3)c3ccc4ccccc4c3)cc2)cc1. The summed E-state index contributed by atoms with van der Waals surface area (Å²) in [5, 5.41) is 4.47. The van der Waals surface area contributed by atoms with E-state index in [1.54, 1.807) is 0 Å². The van der Waals surface area contributed by atoms with E-state index in [2.05, 4.69) is 95.9 Å². The van der Waals surface area contributed by atoms with E-state index in [0.29, 0.717) is 5.56 Å². The van der Waals surface area contributed by atoms with E-state index in [1.165, 1.54) is 10.8 Å². The summed E-state index contributed by atoms with van der Waals surface area (Å²) in [6.45, 7) is 0. The van der Waals surface area contributed by atoms with E-state index in [4.69, 9.17) is 0 Å². The highest BCUT2D eigenvalue weighted by molar-refractivity contribution is 5.91. The number of anilines is 6. The molecule has 0 aliphatic carbocycles. The molecule has 9 rings (SSSR count). The van der Waals surface area contributed by atoms with E-state index in [9.17, 15) is 5.48 Å². The number of benzene rings is 9. The Morgan fingerprint density at radius 2 is 0.596 bits per heavy atom. The van der Waals surface area contributed by atoms with Crippen molar-refractivity contribution in [2.45, 2.75) is 0 Å². The predicted molar refractivity (Wildman–Crippen MR) is 222 cm³/mol. The van der Waals surface area contributed by atoms with E-state index >= 15 is 0 Å². The van der Waals surface area contributed by atoms with Gasteiger partial charge in [0.1, 0.15) is 0 Å². The number of hydrogen-bond donors (Lipinski definition) is 0. The molecule has 0 aliphatic rings. The largest absolute Gasteiger partial charge is 0.310 e. The van der Waals surface area contributed by atoms with Gasteiger partial charge in [0.15, 0.2) is 0 Å². The summed E-state index contributed by atoms with van der Waals surface area (Å²) in [4.78, 5) is 4.08. The zero-order valence-electron chi connectivity index (χ0n) is 32.4. The Kier molecular flexibility index (Phi) is 7.13. The molecule has 0 fully saturated rings. The highest BCUT2D eigenvalue weighted by atomic mass is 15.1. The van der Waals surface area contributed by atoms with Crippen molar-refractivity contribution >= 4 is 55.7 Å². The molecule has 0 amide bonds. The maximum absolute atomic E-state index is 9.27. The van der Waals surface area contributed by atoms with Gasteiger partial charge in [-0.2, -0.15) is 0 Å². The maximum atomic E-state index is 9.27. The van der Waals surface area contributed by atoms with Gasteiger partial charge in [-0.15, -0.1) is 0 Å². The summed E-state index contributed by atoms with van der Waals surface area (Å²) in [5.41, 5.74) is 7.77. The van der Waals surface area contributed by atoms with Gasteiger partial charge in [-0.25, -0.2) is 0 Å². The fourth-order valence-corrected chi connectivity index (χ4v) is 6.83. The minimum absolute atomic E-state index is 0.0884. The molecule has 0 aromatic heterocycles. The normalized spacial score (nSPS) is 12.2. The average molecular weight is 669 g/mol. The van der Waals surface area contributed by atoms with Crippen molar-refractivity contribution < 1.29 is 5.48 Å². The lowest BCUT2D eigenvalue weighted by Gasteiger charge is -2.26. The lowest BCUT2D eigenvalue weighted by atomic mass is 9.99. The third-order valence-electron chi connectivity index (χ3n) is 9.48. The molecule has 0 saturated heterocycles. The van der Waals surface area contributed by atoms with Crippen LogP contribution in [0.25, 0.3) is 43.8 Å². The van der Waals surface area contributed by atoms with Gasteiger partial charge in [-0.1, -0.05) is 146 Å². The van der Waals surface area contributed by atoms with Gasteiger partial charge in [0.2, 0.25) is 0 Å². The van der Waals surface area contributed by atoms with Crippen LogP contribution >= 0.6 is 0 Å². The Balaban J connectivity index is 1.05. The molecule has 9 aromatic carbocycles. The van der Waals surface area contributed by atoms with Crippen LogP contribution in [0, 0.1) is 0 Å². The Labute approximate surface area is 310 Å². The summed E-state index contributed by atoms with van der Waals surface area (Å²) in [6.07, 6.45) is 0. The second-order valence-electron chi connectivity index (χ2n) is 12.8. The van der Waals surface area contributed by atoms with Crippen LogP contribution in [-0.4, -0.2) is 0 Å². The maximum Gasteiger partial charge on any atom is 0.0645 e. The zero-order valence-corrected chi connectivity index (χ0v) is 28.4. The number of rotatable bonds is 8. The number of hydrogen-bond acceptors (Lipinski definition) is 2. The number of para-hydroxylation sites is 2. The van der Waals surface area contributed by atoms with E-state index in [1.807, 2.05) is 108 Å². The molecule has 2 nitrogen and oxygen atoms in total. The summed E-state index contributed by atoms with van der Waals surface area (Å²) in [5.74, 6) is 0. The van der Waals surface area contributed by atoms with Gasteiger partial charge in [0, 0.05) is 34.1 Å². The van der Waals surface area contributed by atoms with Gasteiger partial charge in [0.05, 0.1) is 5.48 Å². The van der Waals surface area contributed by atoms with Crippen LogP contribution < -0.4 is 9.80 Å². The van der Waals surface area contributed by atoms with Gasteiger partial charge in [-0.05, 0) is 117 Å². The number of fused-ring (bicyclic) bond motifs is 2. The van der Waals surface area contributed by atoms with Crippen LogP contribution in [0.15, 0.2) is 218 Å². The lowest BCUT2D eigenvalue weighted by molar-refractivity contribution is 1.29. The summed E-state index contributed by atoms with van der Waals surface area (Å²) in [7, 11) is 0. The fraction of sp³-hybridized carbons (Fsp3) is 0. The molecule has 0 N–H and O–H groups in total. The molecule has 9 aromatic rings. The highest BCUT2D eigenvalue weighted by Gasteiger charge is 2.15. The number of nitrogens with zero attached hydrogens (tertiary/aromatic N) is 2. The summed E-state index contributed by atoms with van der Waals surface area (Å²) < 4.78 is 37.0. The van der Waals surface area contributed by atoms with E-state index in [0.717, 1.165) is 50.3 Å². The molecular formula is C50H36N2. The molecule has 2 heteroatoms. The smallest absolute Gasteiger partial charge is 0.0645 e. The Bertz CT molecular complexity index is 2810. The third kappa shape index (κ3) is 6.19. The van der Waals surface area contributed by atoms with Crippen molar-refractivity contribution in [3.8, 4) is 22.3 Å². The second-order valence-corrected chi connectivity index (χ2v) is 12.8. The average Bonchev–Trinajstić information content (AvgIpc) is 3.25. The molecule has 0 radical (unpaired) electrons. The van der Waals surface area contributed by atoms with Gasteiger partial charge < -0.3 is 9.80 Å². The highest BCUT2D eigenvalue weighted by Crippen LogP contribution is 2.39. The van der Waals surface area contributed by atoms with E-state index < -0.39 is 0 Å². The Hall–Kier alpha value is -6.90. The Morgan fingerprint density at radius 3 is 1.08 bits per heavy atom. The first-order valence-electron chi connectivity index (χ1n) is 19.4. The molecular weight excluding hydrogens is 629 g/mol. The summed E-state index contributed by atoms with van der Waals surface area (Å²) in [6, 6.07) is 64.7. The fourth-order valence-electron chi connectivity index (χ4n) is 6.83. The van der Waals surface area contributed by atoms with Crippen molar-refractivity contribution in [1.82, 2.24) is 0 Å². The predicted octanol–water partition coefficient (Wildman–Crippen LogP) is 14.3. The minimum Gasteiger partial charge on any atom is -0.310 e. The van der Waals surface area contributed by atoms with Crippen molar-refractivity contribution in [3.63, 3.8) is 0 Å². The molecule has 52 heavy (non-hydrogen) atoms. The van der Waals surface area contributed by atoms with Crippen LogP contribution in [0.3, 0.4) is 0 Å². The van der Waals surface area contributed by atoms with Crippen LogP contribution in [0.2, 0.25) is 0 Å². The van der Waals surface area contributed by atoms with Gasteiger partial charge >= 0.3 is 0 Å².